The Morgan fingerprint density at radius 3 is 2.00 bits per heavy atom. The fourth-order valence-corrected chi connectivity index (χ4v) is 3.83. The Morgan fingerprint density at radius 2 is 1.58 bits per heavy atom. The second kappa shape index (κ2) is 6.99. The van der Waals surface area contributed by atoms with Crippen LogP contribution in [0.25, 0.3) is 0 Å². The summed E-state index contributed by atoms with van der Waals surface area (Å²) in [4.78, 5) is 0. The maximum absolute atomic E-state index is 12.4. The third-order valence-corrected chi connectivity index (χ3v) is 5.59. The van der Waals surface area contributed by atoms with Crippen molar-refractivity contribution < 1.29 is 18.6 Å². The molecule has 19 heavy (non-hydrogen) atoms. The number of hydrogen-bond donors (Lipinski definition) is 2. The van der Waals surface area contributed by atoms with Crippen molar-refractivity contribution in [1.82, 2.24) is 8.61 Å². The zero-order chi connectivity index (χ0) is 14.5. The number of aliphatic hydroxyl groups is 2. The van der Waals surface area contributed by atoms with Gasteiger partial charge in [-0.2, -0.15) is 17.0 Å². The number of hydrogen-bond acceptors (Lipinski definition) is 4. The van der Waals surface area contributed by atoms with E-state index < -0.39 is 15.6 Å². The van der Waals surface area contributed by atoms with Gasteiger partial charge in [0, 0.05) is 32.1 Å². The third kappa shape index (κ3) is 4.39. The molecule has 1 aliphatic rings. The Hall–Kier alpha value is -0.210. The summed E-state index contributed by atoms with van der Waals surface area (Å²) >= 11 is 0. The Morgan fingerprint density at radius 1 is 1.11 bits per heavy atom. The van der Waals surface area contributed by atoms with Crippen LogP contribution in [0.2, 0.25) is 0 Å². The molecule has 7 heteroatoms. The summed E-state index contributed by atoms with van der Waals surface area (Å²) in [6, 6.07) is 0. The molecule has 1 aliphatic heterocycles. The predicted molar refractivity (Wildman–Crippen MR) is 73.9 cm³/mol. The van der Waals surface area contributed by atoms with Crippen molar-refractivity contribution in [2.45, 2.75) is 32.6 Å². The predicted octanol–water partition coefficient (Wildman–Crippen LogP) is 0.0299. The van der Waals surface area contributed by atoms with Crippen LogP contribution in [0.15, 0.2) is 0 Å². The molecule has 1 rings (SSSR count). The molecule has 1 saturated heterocycles. The van der Waals surface area contributed by atoms with Gasteiger partial charge in [-0.25, -0.2) is 0 Å². The average Bonchev–Trinajstić information content (AvgIpc) is 2.67. The van der Waals surface area contributed by atoms with Gasteiger partial charge in [0.05, 0.1) is 13.2 Å². The van der Waals surface area contributed by atoms with Crippen LogP contribution in [0, 0.1) is 5.41 Å². The van der Waals surface area contributed by atoms with Crippen molar-refractivity contribution in [3.8, 4) is 0 Å². The Bertz CT molecular complexity index is 360. The van der Waals surface area contributed by atoms with E-state index in [-0.39, 0.29) is 19.8 Å². The largest absolute Gasteiger partial charge is 0.396 e. The van der Waals surface area contributed by atoms with Crippen molar-refractivity contribution in [3.63, 3.8) is 0 Å². The van der Waals surface area contributed by atoms with Crippen molar-refractivity contribution >= 4 is 10.2 Å². The van der Waals surface area contributed by atoms with Crippen molar-refractivity contribution in [3.05, 3.63) is 0 Å². The van der Waals surface area contributed by atoms with Crippen LogP contribution in [0.5, 0.6) is 0 Å². The van der Waals surface area contributed by atoms with Crippen LogP contribution < -0.4 is 0 Å². The van der Waals surface area contributed by atoms with Crippen molar-refractivity contribution in [1.29, 1.82) is 0 Å². The SMILES string of the molecule is CN(CC(C)(CO)CO)S(=O)(=O)N1CCCCCC1. The summed E-state index contributed by atoms with van der Waals surface area (Å²) in [6.07, 6.45) is 3.93. The maximum Gasteiger partial charge on any atom is 0.281 e. The third-order valence-electron chi connectivity index (χ3n) is 3.65. The molecule has 0 bridgehead atoms. The van der Waals surface area contributed by atoms with Gasteiger partial charge in [0.1, 0.15) is 0 Å². The molecular formula is C12H26N2O4S. The molecule has 0 amide bonds. The van der Waals surface area contributed by atoms with E-state index in [0.717, 1.165) is 25.7 Å². The molecule has 0 saturated carbocycles. The summed E-state index contributed by atoms with van der Waals surface area (Å²) in [7, 11) is -1.99. The molecule has 0 aromatic carbocycles. The molecule has 0 aromatic rings. The molecule has 1 fully saturated rings. The number of aliphatic hydroxyl groups excluding tert-OH is 2. The smallest absolute Gasteiger partial charge is 0.281 e. The Kier molecular flexibility index (Phi) is 6.19. The first-order valence-corrected chi connectivity index (χ1v) is 8.18. The lowest BCUT2D eigenvalue weighted by Crippen LogP contribution is -2.48. The van der Waals surface area contributed by atoms with Gasteiger partial charge in [-0.3, -0.25) is 0 Å². The summed E-state index contributed by atoms with van der Waals surface area (Å²) in [5.74, 6) is 0. The molecule has 0 aliphatic carbocycles. The van der Waals surface area contributed by atoms with Crippen molar-refractivity contribution in [2.24, 2.45) is 5.41 Å². The van der Waals surface area contributed by atoms with Gasteiger partial charge >= 0.3 is 0 Å². The van der Waals surface area contributed by atoms with Gasteiger partial charge in [0.15, 0.2) is 0 Å². The zero-order valence-electron chi connectivity index (χ0n) is 11.9. The first-order chi connectivity index (χ1) is 8.85. The van der Waals surface area contributed by atoms with Crippen LogP contribution in [0.4, 0.5) is 0 Å². The van der Waals surface area contributed by atoms with E-state index >= 15 is 0 Å². The molecule has 0 unspecified atom stereocenters. The van der Waals surface area contributed by atoms with E-state index in [0.29, 0.717) is 13.1 Å². The van der Waals surface area contributed by atoms with E-state index in [1.54, 1.807) is 6.92 Å². The lowest BCUT2D eigenvalue weighted by Gasteiger charge is -2.33. The molecule has 0 radical (unpaired) electrons. The molecular weight excluding hydrogens is 268 g/mol. The van der Waals surface area contributed by atoms with Crippen LogP contribution in [-0.4, -0.2) is 67.1 Å². The maximum atomic E-state index is 12.4. The van der Waals surface area contributed by atoms with Gasteiger partial charge in [-0.05, 0) is 12.8 Å². The fraction of sp³-hybridized carbons (Fsp3) is 1.00. The minimum Gasteiger partial charge on any atom is -0.396 e. The quantitative estimate of drug-likeness (QED) is 0.724. The highest BCUT2D eigenvalue weighted by Crippen LogP contribution is 2.21. The van der Waals surface area contributed by atoms with E-state index in [4.69, 9.17) is 0 Å². The van der Waals surface area contributed by atoms with E-state index in [1.165, 1.54) is 15.7 Å². The second-order valence-electron chi connectivity index (χ2n) is 5.70. The molecule has 114 valence electrons. The summed E-state index contributed by atoms with van der Waals surface area (Å²) in [5.41, 5.74) is -0.812. The van der Waals surface area contributed by atoms with E-state index in [1.807, 2.05) is 0 Å². The van der Waals surface area contributed by atoms with E-state index in [2.05, 4.69) is 0 Å². The van der Waals surface area contributed by atoms with Gasteiger partial charge in [0.25, 0.3) is 10.2 Å². The molecule has 6 nitrogen and oxygen atoms in total. The van der Waals surface area contributed by atoms with Crippen LogP contribution >= 0.6 is 0 Å². The lowest BCUT2D eigenvalue weighted by atomic mass is 9.93. The van der Waals surface area contributed by atoms with Gasteiger partial charge in [-0.15, -0.1) is 0 Å². The number of rotatable bonds is 6. The standard InChI is InChI=1S/C12H26N2O4S/c1-12(10-15,11-16)9-13(2)19(17,18)14-7-5-3-4-6-8-14/h15-16H,3-11H2,1-2H3. The van der Waals surface area contributed by atoms with Gasteiger partial charge in [-0.1, -0.05) is 19.8 Å². The molecule has 0 aromatic heterocycles. The van der Waals surface area contributed by atoms with Crippen LogP contribution in [0.1, 0.15) is 32.6 Å². The highest BCUT2D eigenvalue weighted by atomic mass is 32.2. The first-order valence-electron chi connectivity index (χ1n) is 6.79. The second-order valence-corrected chi connectivity index (χ2v) is 7.74. The minimum atomic E-state index is -3.49. The highest BCUT2D eigenvalue weighted by molar-refractivity contribution is 7.86. The topological polar surface area (TPSA) is 81.1 Å². The minimum absolute atomic E-state index is 0.110. The monoisotopic (exact) mass is 294 g/mol. The Balaban J connectivity index is 2.75. The fourth-order valence-electron chi connectivity index (χ4n) is 2.24. The first kappa shape index (κ1) is 16.8. The van der Waals surface area contributed by atoms with Crippen LogP contribution in [0.3, 0.4) is 0 Å². The summed E-state index contributed by atoms with van der Waals surface area (Å²) in [6.45, 7) is 2.40. The Labute approximate surface area is 116 Å². The highest BCUT2D eigenvalue weighted by Gasteiger charge is 2.33. The lowest BCUT2D eigenvalue weighted by molar-refractivity contribution is 0.0566. The molecule has 0 atom stereocenters. The molecule has 1 heterocycles. The van der Waals surface area contributed by atoms with Crippen LogP contribution in [-0.2, 0) is 10.2 Å². The normalized spacial score (nSPS) is 19.6. The van der Waals surface area contributed by atoms with Gasteiger partial charge in [0.2, 0.25) is 0 Å². The zero-order valence-corrected chi connectivity index (χ0v) is 12.7. The summed E-state index contributed by atoms with van der Waals surface area (Å²) in [5, 5.41) is 18.5. The number of nitrogens with zero attached hydrogens (tertiary/aromatic N) is 2. The van der Waals surface area contributed by atoms with Gasteiger partial charge < -0.3 is 10.2 Å². The summed E-state index contributed by atoms with van der Waals surface area (Å²) < 4.78 is 27.6. The van der Waals surface area contributed by atoms with E-state index in [9.17, 15) is 18.6 Å². The van der Waals surface area contributed by atoms with Crippen molar-refractivity contribution in [2.75, 3.05) is 39.9 Å². The molecule has 0 spiro atoms. The molecule has 2 N–H and O–H groups in total. The average molecular weight is 294 g/mol.